The topological polar surface area (TPSA) is 59.8 Å². The van der Waals surface area contributed by atoms with E-state index in [2.05, 4.69) is 4.74 Å². The van der Waals surface area contributed by atoms with E-state index < -0.39 is 5.97 Å². The molecule has 2 aromatic rings. The summed E-state index contributed by atoms with van der Waals surface area (Å²) in [6.07, 6.45) is 3.28. The molecule has 0 aliphatic rings. The first-order valence-electron chi connectivity index (χ1n) is 7.58. The van der Waals surface area contributed by atoms with Crippen LogP contribution in [0.25, 0.3) is 6.08 Å². The Balaban J connectivity index is 2.01. The fourth-order valence-electron chi connectivity index (χ4n) is 2.22. The summed E-state index contributed by atoms with van der Waals surface area (Å²) in [7, 11) is 3.00. The summed E-state index contributed by atoms with van der Waals surface area (Å²) in [6.45, 7) is 3.98. The Hall–Kier alpha value is -2.82. The summed E-state index contributed by atoms with van der Waals surface area (Å²) in [6, 6.07) is 9.51. The van der Waals surface area contributed by atoms with Gasteiger partial charge < -0.3 is 14.1 Å². The van der Waals surface area contributed by atoms with Crippen LogP contribution in [0, 0.1) is 13.8 Å². The average Bonchev–Trinajstić information content (AvgIpc) is 2.93. The lowest BCUT2D eigenvalue weighted by Gasteiger charge is -2.13. The highest BCUT2D eigenvalue weighted by Gasteiger charge is 2.17. The molecule has 0 N–H and O–H groups in total. The maximum absolute atomic E-state index is 12.2. The molecule has 1 heterocycles. The van der Waals surface area contributed by atoms with E-state index in [-0.39, 0.29) is 12.5 Å². The molecule has 1 aromatic heterocycles. The Labute approximate surface area is 141 Å². The van der Waals surface area contributed by atoms with Crippen LogP contribution >= 0.6 is 0 Å². The van der Waals surface area contributed by atoms with Gasteiger partial charge in [0.25, 0.3) is 0 Å². The number of aryl methyl sites for hydroxylation is 2. The molecule has 2 rings (SSSR count). The van der Waals surface area contributed by atoms with Gasteiger partial charge in [-0.3, -0.25) is 4.79 Å². The standard InChI is InChI=1S/C19H21NO4/c1-13-5-7-15(8-6-13)9-10-18(21)20(3)12-16-11-17(14(2)24-16)19(22)23-4/h5-11H,12H2,1-4H3/b10-9+. The number of benzene rings is 1. The number of furan rings is 1. The highest BCUT2D eigenvalue weighted by Crippen LogP contribution is 2.17. The first-order chi connectivity index (χ1) is 11.4. The van der Waals surface area contributed by atoms with E-state index in [4.69, 9.17) is 4.42 Å². The minimum atomic E-state index is -0.448. The molecule has 5 nitrogen and oxygen atoms in total. The number of hydrogen-bond donors (Lipinski definition) is 0. The fraction of sp³-hybridized carbons (Fsp3) is 0.263. The zero-order chi connectivity index (χ0) is 17.7. The average molecular weight is 327 g/mol. The van der Waals surface area contributed by atoms with Crippen LogP contribution in [0.5, 0.6) is 0 Å². The van der Waals surface area contributed by atoms with Crippen molar-refractivity contribution in [2.24, 2.45) is 0 Å². The second kappa shape index (κ2) is 7.64. The predicted molar refractivity (Wildman–Crippen MR) is 91.5 cm³/mol. The summed E-state index contributed by atoms with van der Waals surface area (Å²) in [4.78, 5) is 25.3. The van der Waals surface area contributed by atoms with Crippen molar-refractivity contribution in [3.8, 4) is 0 Å². The Kier molecular flexibility index (Phi) is 5.58. The van der Waals surface area contributed by atoms with E-state index in [1.807, 2.05) is 31.2 Å². The second-order valence-corrected chi connectivity index (χ2v) is 5.61. The van der Waals surface area contributed by atoms with Crippen molar-refractivity contribution in [1.82, 2.24) is 4.90 Å². The van der Waals surface area contributed by atoms with E-state index in [0.717, 1.165) is 5.56 Å². The highest BCUT2D eigenvalue weighted by atomic mass is 16.5. The molecule has 126 valence electrons. The molecular weight excluding hydrogens is 306 g/mol. The maximum Gasteiger partial charge on any atom is 0.341 e. The largest absolute Gasteiger partial charge is 0.465 e. The lowest BCUT2D eigenvalue weighted by molar-refractivity contribution is -0.125. The Bertz CT molecular complexity index is 756. The van der Waals surface area contributed by atoms with E-state index in [1.54, 1.807) is 26.1 Å². The molecule has 0 saturated carbocycles. The minimum absolute atomic E-state index is 0.149. The maximum atomic E-state index is 12.2. The molecule has 1 aromatic carbocycles. The number of rotatable bonds is 5. The van der Waals surface area contributed by atoms with Gasteiger partial charge in [-0.15, -0.1) is 0 Å². The number of nitrogens with zero attached hydrogens (tertiary/aromatic N) is 1. The van der Waals surface area contributed by atoms with Gasteiger partial charge in [0.05, 0.1) is 13.7 Å². The number of hydrogen-bond acceptors (Lipinski definition) is 4. The number of carbonyl (C=O) groups excluding carboxylic acids is 2. The normalized spacial score (nSPS) is 10.8. The molecule has 0 aliphatic carbocycles. The second-order valence-electron chi connectivity index (χ2n) is 5.61. The lowest BCUT2D eigenvalue weighted by Crippen LogP contribution is -2.23. The van der Waals surface area contributed by atoms with Gasteiger partial charge in [0.2, 0.25) is 5.91 Å². The van der Waals surface area contributed by atoms with Gasteiger partial charge in [0.15, 0.2) is 0 Å². The van der Waals surface area contributed by atoms with E-state index in [9.17, 15) is 9.59 Å². The van der Waals surface area contributed by atoms with Crippen molar-refractivity contribution in [3.63, 3.8) is 0 Å². The van der Waals surface area contributed by atoms with Gasteiger partial charge in [-0.25, -0.2) is 4.79 Å². The SMILES string of the molecule is COC(=O)c1cc(CN(C)C(=O)/C=C/c2ccc(C)cc2)oc1C. The van der Waals surface area contributed by atoms with Crippen LogP contribution in [0.15, 0.2) is 40.8 Å². The summed E-state index contributed by atoms with van der Waals surface area (Å²) in [5.74, 6) is 0.417. The molecule has 0 spiro atoms. The number of esters is 1. The highest BCUT2D eigenvalue weighted by molar-refractivity contribution is 5.92. The van der Waals surface area contributed by atoms with Crippen molar-refractivity contribution in [2.75, 3.05) is 14.2 Å². The van der Waals surface area contributed by atoms with Crippen molar-refractivity contribution >= 4 is 18.0 Å². The van der Waals surface area contributed by atoms with Crippen LogP contribution in [-0.4, -0.2) is 30.9 Å². The molecular formula is C19H21NO4. The van der Waals surface area contributed by atoms with Gasteiger partial charge in [0.1, 0.15) is 17.1 Å². The third-order valence-electron chi connectivity index (χ3n) is 3.64. The van der Waals surface area contributed by atoms with Gasteiger partial charge in [-0.2, -0.15) is 0 Å². The van der Waals surface area contributed by atoms with Crippen LogP contribution in [0.4, 0.5) is 0 Å². The molecule has 0 atom stereocenters. The quantitative estimate of drug-likeness (QED) is 0.624. The van der Waals surface area contributed by atoms with Crippen LogP contribution in [0.2, 0.25) is 0 Å². The van der Waals surface area contributed by atoms with Crippen molar-refractivity contribution in [3.05, 3.63) is 64.6 Å². The van der Waals surface area contributed by atoms with E-state index in [0.29, 0.717) is 17.1 Å². The van der Waals surface area contributed by atoms with Crippen LogP contribution in [-0.2, 0) is 16.1 Å². The molecule has 0 aliphatic heterocycles. The lowest BCUT2D eigenvalue weighted by atomic mass is 10.1. The van der Waals surface area contributed by atoms with E-state index >= 15 is 0 Å². The number of ether oxygens (including phenoxy) is 1. The fourth-order valence-corrected chi connectivity index (χ4v) is 2.22. The van der Waals surface area contributed by atoms with Crippen LogP contribution in [0.1, 0.15) is 33.0 Å². The predicted octanol–water partition coefficient (Wildman–Crippen LogP) is 3.35. The van der Waals surface area contributed by atoms with Gasteiger partial charge in [0, 0.05) is 13.1 Å². The molecule has 0 bridgehead atoms. The molecule has 0 fully saturated rings. The Morgan fingerprint density at radius 1 is 1.21 bits per heavy atom. The molecule has 0 radical (unpaired) electrons. The minimum Gasteiger partial charge on any atom is -0.465 e. The van der Waals surface area contributed by atoms with Crippen molar-refractivity contribution < 1.29 is 18.7 Å². The van der Waals surface area contributed by atoms with Crippen LogP contribution in [0.3, 0.4) is 0 Å². The monoisotopic (exact) mass is 327 g/mol. The molecule has 0 unspecified atom stereocenters. The number of amides is 1. The summed E-state index contributed by atoms with van der Waals surface area (Å²) < 4.78 is 10.2. The Morgan fingerprint density at radius 2 is 1.88 bits per heavy atom. The number of methoxy groups -OCH3 is 1. The zero-order valence-corrected chi connectivity index (χ0v) is 14.3. The summed E-state index contributed by atoms with van der Waals surface area (Å²) in [5.41, 5.74) is 2.51. The molecule has 24 heavy (non-hydrogen) atoms. The van der Waals surface area contributed by atoms with Gasteiger partial charge >= 0.3 is 5.97 Å². The summed E-state index contributed by atoms with van der Waals surface area (Å²) >= 11 is 0. The first-order valence-corrected chi connectivity index (χ1v) is 7.58. The zero-order valence-electron chi connectivity index (χ0n) is 14.3. The smallest absolute Gasteiger partial charge is 0.341 e. The first kappa shape index (κ1) is 17.5. The van der Waals surface area contributed by atoms with Gasteiger partial charge in [-0.05, 0) is 31.6 Å². The third kappa shape index (κ3) is 4.35. The van der Waals surface area contributed by atoms with Gasteiger partial charge in [-0.1, -0.05) is 29.8 Å². The van der Waals surface area contributed by atoms with Crippen molar-refractivity contribution in [2.45, 2.75) is 20.4 Å². The van der Waals surface area contributed by atoms with Crippen molar-refractivity contribution in [1.29, 1.82) is 0 Å². The Morgan fingerprint density at radius 3 is 2.50 bits per heavy atom. The number of carbonyl (C=O) groups is 2. The number of likely N-dealkylation sites (N-methyl/N-ethyl adjacent to an activating group) is 1. The molecule has 0 saturated heterocycles. The molecule has 1 amide bonds. The third-order valence-corrected chi connectivity index (χ3v) is 3.64. The van der Waals surface area contributed by atoms with E-state index in [1.165, 1.54) is 23.6 Å². The summed E-state index contributed by atoms with van der Waals surface area (Å²) in [5, 5.41) is 0. The molecule has 5 heteroatoms. The van der Waals surface area contributed by atoms with Crippen LogP contribution < -0.4 is 0 Å².